The number of anilines is 1. The second kappa shape index (κ2) is 7.91. The maximum atomic E-state index is 14.7. The summed E-state index contributed by atoms with van der Waals surface area (Å²) in [5.41, 5.74) is 0.654. The van der Waals surface area contributed by atoms with E-state index < -0.39 is 17.7 Å². The number of fused-ring (bicyclic) bond motifs is 1. The van der Waals surface area contributed by atoms with E-state index in [0.717, 1.165) is 18.0 Å². The molecule has 0 aromatic carbocycles. The Morgan fingerprint density at radius 3 is 2.67 bits per heavy atom. The molecule has 172 valence electrons. The summed E-state index contributed by atoms with van der Waals surface area (Å²) in [6.45, 7) is 5.29. The first-order chi connectivity index (χ1) is 15.7. The lowest BCUT2D eigenvalue weighted by Gasteiger charge is -2.44. The van der Waals surface area contributed by atoms with Crippen molar-refractivity contribution in [3.63, 3.8) is 0 Å². The van der Waals surface area contributed by atoms with Gasteiger partial charge in [-0.05, 0) is 19.4 Å². The van der Waals surface area contributed by atoms with Crippen LogP contribution in [0.15, 0.2) is 47.4 Å². The van der Waals surface area contributed by atoms with Crippen molar-refractivity contribution in [2.45, 2.75) is 38.1 Å². The molecule has 5 rings (SSSR count). The summed E-state index contributed by atoms with van der Waals surface area (Å²) in [6, 6.07) is 2.58. The first kappa shape index (κ1) is 21.5. The molecule has 3 unspecified atom stereocenters. The van der Waals surface area contributed by atoms with Crippen LogP contribution in [-0.2, 0) is 6.18 Å². The highest BCUT2D eigenvalue weighted by atomic mass is 19.4. The highest BCUT2D eigenvalue weighted by Crippen LogP contribution is 2.31. The van der Waals surface area contributed by atoms with Crippen LogP contribution in [0.4, 0.5) is 23.4 Å². The van der Waals surface area contributed by atoms with Gasteiger partial charge in [-0.15, -0.1) is 0 Å². The Balaban J connectivity index is 1.56. The molecular weight excluding hydrogens is 438 g/mol. The molecule has 0 amide bonds. The summed E-state index contributed by atoms with van der Waals surface area (Å²) in [4.78, 5) is 18.4. The third-order valence-corrected chi connectivity index (χ3v) is 5.96. The zero-order chi connectivity index (χ0) is 23.3. The second-order valence-corrected chi connectivity index (χ2v) is 8.31. The van der Waals surface area contributed by atoms with Crippen LogP contribution in [0.25, 0.3) is 17.0 Å². The summed E-state index contributed by atoms with van der Waals surface area (Å²) in [7, 11) is 0. The van der Waals surface area contributed by atoms with Crippen molar-refractivity contribution in [3.8, 4) is 11.4 Å². The number of halogens is 4. The van der Waals surface area contributed by atoms with Crippen LogP contribution in [0.1, 0.15) is 19.5 Å². The molecule has 0 bridgehead atoms. The average Bonchev–Trinajstić information content (AvgIpc) is 3.43. The number of imidazole rings is 1. The molecule has 0 saturated carbocycles. The molecule has 0 radical (unpaired) electrons. The van der Waals surface area contributed by atoms with E-state index in [1.54, 1.807) is 0 Å². The molecule has 7 nitrogen and oxygen atoms in total. The fourth-order valence-electron chi connectivity index (χ4n) is 4.38. The Bertz CT molecular complexity index is 1260. The molecular formula is C22H21F4N7. The van der Waals surface area contributed by atoms with Gasteiger partial charge in [0.1, 0.15) is 11.6 Å². The number of nitrogens with one attached hydrogen (secondary N) is 1. The third-order valence-electron chi connectivity index (χ3n) is 5.96. The zero-order valence-corrected chi connectivity index (χ0v) is 17.9. The smallest absolute Gasteiger partial charge is 0.350 e. The fraction of sp³-hybridized carbons (Fsp3) is 0.364. The highest BCUT2D eigenvalue weighted by molar-refractivity contribution is 5.83. The van der Waals surface area contributed by atoms with Gasteiger partial charge in [0.25, 0.3) is 0 Å². The molecule has 1 N–H and O–H groups in total. The van der Waals surface area contributed by atoms with E-state index >= 15 is 0 Å². The van der Waals surface area contributed by atoms with Gasteiger partial charge in [-0.25, -0.2) is 19.3 Å². The van der Waals surface area contributed by atoms with Crippen LogP contribution in [0.2, 0.25) is 0 Å². The minimum absolute atomic E-state index is 0.00951. The van der Waals surface area contributed by atoms with Crippen LogP contribution in [0.3, 0.4) is 0 Å². The molecule has 3 atom stereocenters. The van der Waals surface area contributed by atoms with Crippen LogP contribution >= 0.6 is 0 Å². The maximum absolute atomic E-state index is 14.7. The van der Waals surface area contributed by atoms with Crippen LogP contribution in [0, 0.1) is 5.82 Å². The van der Waals surface area contributed by atoms with Crippen LogP contribution in [-0.4, -0.2) is 56.8 Å². The third kappa shape index (κ3) is 3.97. The lowest BCUT2D eigenvalue weighted by atomic mass is 9.95. The molecule has 0 aliphatic carbocycles. The normalized spacial score (nSPS) is 23.4. The number of aromatic nitrogens is 4. The van der Waals surface area contributed by atoms with Crippen molar-refractivity contribution in [2.75, 3.05) is 18.0 Å². The molecule has 33 heavy (non-hydrogen) atoms. The topological polar surface area (TPSA) is 70.7 Å². The van der Waals surface area contributed by atoms with Crippen molar-refractivity contribution >= 4 is 17.7 Å². The molecule has 5 heterocycles. The Hall–Kier alpha value is -3.34. The molecule has 3 aromatic heterocycles. The number of rotatable bonds is 3. The summed E-state index contributed by atoms with van der Waals surface area (Å²) in [5.74, 6) is -0.127. The predicted molar refractivity (Wildman–Crippen MR) is 116 cm³/mol. The fourth-order valence-corrected chi connectivity index (χ4v) is 4.38. The lowest BCUT2D eigenvalue weighted by molar-refractivity contribution is -0.141. The van der Waals surface area contributed by atoms with E-state index in [4.69, 9.17) is 0 Å². The summed E-state index contributed by atoms with van der Waals surface area (Å²) >= 11 is 0. The number of hydrogen-bond acceptors (Lipinski definition) is 6. The van der Waals surface area contributed by atoms with Gasteiger partial charge in [-0.2, -0.15) is 13.2 Å². The number of pyridine rings is 1. The van der Waals surface area contributed by atoms with Crippen LogP contribution < -0.4 is 10.2 Å². The molecule has 1 fully saturated rings. The number of hydrogen-bond donors (Lipinski definition) is 1. The lowest BCUT2D eigenvalue weighted by Crippen LogP contribution is -2.61. The molecule has 11 heteroatoms. The van der Waals surface area contributed by atoms with Crippen molar-refractivity contribution < 1.29 is 17.6 Å². The van der Waals surface area contributed by atoms with E-state index in [2.05, 4.69) is 31.3 Å². The maximum Gasteiger partial charge on any atom is 0.434 e. The Morgan fingerprint density at radius 2 is 1.94 bits per heavy atom. The van der Waals surface area contributed by atoms with Gasteiger partial charge in [0.2, 0.25) is 0 Å². The number of nitrogens with zero attached hydrogens (tertiary/aromatic N) is 6. The van der Waals surface area contributed by atoms with Gasteiger partial charge in [0, 0.05) is 43.2 Å². The Kier molecular flexibility index (Phi) is 5.15. The van der Waals surface area contributed by atoms with Crippen molar-refractivity contribution in [1.82, 2.24) is 24.7 Å². The van der Waals surface area contributed by atoms with E-state index in [0.29, 0.717) is 18.9 Å². The van der Waals surface area contributed by atoms with Gasteiger partial charge in [0.05, 0.1) is 36.4 Å². The minimum Gasteiger partial charge on any atom is -0.350 e. The first-order valence-electron chi connectivity index (χ1n) is 10.5. The van der Waals surface area contributed by atoms with Gasteiger partial charge in [-0.1, -0.05) is 6.08 Å². The Morgan fingerprint density at radius 1 is 1.12 bits per heavy atom. The quantitative estimate of drug-likeness (QED) is 0.607. The van der Waals surface area contributed by atoms with Crippen molar-refractivity contribution in [2.24, 2.45) is 4.99 Å². The van der Waals surface area contributed by atoms with Gasteiger partial charge < -0.3 is 10.2 Å². The zero-order valence-electron chi connectivity index (χ0n) is 17.9. The summed E-state index contributed by atoms with van der Waals surface area (Å²) in [6.07, 6.45) is 2.54. The van der Waals surface area contributed by atoms with Gasteiger partial charge in [0.15, 0.2) is 11.3 Å². The molecule has 2 aliphatic rings. The largest absolute Gasteiger partial charge is 0.434 e. The van der Waals surface area contributed by atoms with Crippen molar-refractivity contribution in [3.05, 3.63) is 53.9 Å². The monoisotopic (exact) mass is 459 g/mol. The number of piperazine rings is 1. The predicted octanol–water partition coefficient (Wildman–Crippen LogP) is 3.52. The molecule has 2 aliphatic heterocycles. The molecule has 3 aromatic rings. The average molecular weight is 459 g/mol. The minimum atomic E-state index is -4.62. The highest BCUT2D eigenvalue weighted by Gasteiger charge is 2.35. The Labute approximate surface area is 186 Å². The second-order valence-electron chi connectivity index (χ2n) is 8.31. The van der Waals surface area contributed by atoms with Crippen molar-refractivity contribution in [1.29, 1.82) is 0 Å². The van der Waals surface area contributed by atoms with E-state index in [1.807, 2.05) is 25.0 Å². The summed E-state index contributed by atoms with van der Waals surface area (Å²) < 4.78 is 55.5. The van der Waals surface area contributed by atoms with E-state index in [1.165, 1.54) is 22.7 Å². The molecule has 1 saturated heterocycles. The van der Waals surface area contributed by atoms with E-state index in [9.17, 15) is 17.6 Å². The van der Waals surface area contributed by atoms with Gasteiger partial charge >= 0.3 is 6.18 Å². The van der Waals surface area contributed by atoms with Gasteiger partial charge in [-0.3, -0.25) is 9.39 Å². The van der Waals surface area contributed by atoms with E-state index in [-0.39, 0.29) is 35.2 Å². The SMILES string of the molecule is CC1CN(c2cc(F)cc(-c3cnc4cnc(C(F)(F)F)cn34)n2)C(C)C(C2=CCN=C2)N1. The standard InChI is InChI=1S/C22H21F4N7/c1-12-10-32(13(2)21(30-12)14-3-4-27-7-14)19-6-15(23)5-16(31-19)17-8-29-20-9-28-18(11-33(17)20)22(24,25)26/h3,5-9,11-13,21,30H,4,10H2,1-2H3. The summed E-state index contributed by atoms with van der Waals surface area (Å²) in [5, 5.41) is 3.56. The number of aliphatic imine (C=N–C) groups is 1. The first-order valence-corrected chi connectivity index (χ1v) is 10.5. The molecule has 0 spiro atoms. The van der Waals surface area contributed by atoms with Crippen LogP contribution in [0.5, 0.6) is 0 Å². The number of alkyl halides is 3.